The molecule has 0 N–H and O–H groups in total. The smallest absolute Gasteiger partial charge is 0.163 e. The van der Waals surface area contributed by atoms with E-state index in [0.717, 1.165) is 38.7 Å². The predicted octanol–water partition coefficient (Wildman–Crippen LogP) is 6.47. The van der Waals surface area contributed by atoms with E-state index in [1.165, 1.54) is 4.88 Å². The highest BCUT2D eigenvalue weighted by Gasteiger charge is 2.16. The first-order valence-corrected chi connectivity index (χ1v) is 11.6. The summed E-state index contributed by atoms with van der Waals surface area (Å²) in [7, 11) is 1.66. The third-order valence-corrected chi connectivity index (χ3v) is 6.51. The zero-order valence-electron chi connectivity index (χ0n) is 17.4. The highest BCUT2D eigenvalue weighted by molar-refractivity contribution is 9.10. The number of rotatable bonds is 6. The third-order valence-electron chi connectivity index (χ3n) is 4.99. The van der Waals surface area contributed by atoms with E-state index in [4.69, 9.17) is 9.47 Å². The van der Waals surface area contributed by atoms with Gasteiger partial charge >= 0.3 is 0 Å². The predicted molar refractivity (Wildman–Crippen MR) is 130 cm³/mol. The summed E-state index contributed by atoms with van der Waals surface area (Å²) >= 11 is 5.26. The van der Waals surface area contributed by atoms with Gasteiger partial charge in [-0.2, -0.15) is 5.10 Å². The Morgan fingerprint density at radius 2 is 1.72 bits per heavy atom. The zero-order chi connectivity index (χ0) is 22.1. The molecule has 0 aliphatic heterocycles. The first-order chi connectivity index (χ1) is 15.6. The lowest BCUT2D eigenvalue weighted by Gasteiger charge is -2.08. The molecule has 0 spiro atoms. The maximum Gasteiger partial charge on any atom is 0.163 e. The molecule has 0 atom stereocenters. The highest BCUT2D eigenvalue weighted by Crippen LogP contribution is 2.35. The summed E-state index contributed by atoms with van der Waals surface area (Å²) in [5, 5.41) is 6.48. The number of ether oxygens (including phenoxy) is 2. The second-order valence-corrected chi connectivity index (χ2v) is 9.19. The Balaban J connectivity index is 1.42. The molecule has 0 saturated heterocycles. The molecule has 160 valence electrons. The van der Waals surface area contributed by atoms with Crippen molar-refractivity contribution in [2.24, 2.45) is 0 Å². The molecule has 5 rings (SSSR count). The minimum atomic E-state index is 0.588. The molecule has 0 saturated carbocycles. The number of fused-ring (bicyclic) bond motifs is 1. The average Bonchev–Trinajstić information content (AvgIpc) is 3.39. The van der Waals surface area contributed by atoms with Crippen LogP contribution in [-0.2, 0) is 6.54 Å². The van der Waals surface area contributed by atoms with Crippen LogP contribution in [0.1, 0.15) is 10.4 Å². The molecule has 8 heteroatoms. The molecular formula is C24H19BrN4O2S. The van der Waals surface area contributed by atoms with Crippen molar-refractivity contribution in [1.82, 2.24) is 19.7 Å². The second-order valence-electron chi connectivity index (χ2n) is 7.21. The van der Waals surface area contributed by atoms with Crippen molar-refractivity contribution < 1.29 is 9.47 Å². The van der Waals surface area contributed by atoms with Gasteiger partial charge in [-0.3, -0.25) is 0 Å². The van der Waals surface area contributed by atoms with E-state index in [0.29, 0.717) is 16.9 Å². The number of pyridine rings is 1. The van der Waals surface area contributed by atoms with Crippen LogP contribution >= 0.6 is 27.3 Å². The molecule has 0 fully saturated rings. The van der Waals surface area contributed by atoms with Gasteiger partial charge in [0.05, 0.1) is 19.0 Å². The van der Waals surface area contributed by atoms with Gasteiger partial charge in [0.25, 0.3) is 0 Å². The van der Waals surface area contributed by atoms with Gasteiger partial charge in [0.1, 0.15) is 26.9 Å². The first kappa shape index (κ1) is 20.7. The number of hydrogen-bond acceptors (Lipinski definition) is 6. The number of aromatic nitrogens is 4. The second kappa shape index (κ2) is 8.72. The molecule has 5 aromatic rings. The summed E-state index contributed by atoms with van der Waals surface area (Å²) in [6.45, 7) is 2.64. The van der Waals surface area contributed by atoms with Gasteiger partial charge in [0.15, 0.2) is 5.65 Å². The Hall–Kier alpha value is -3.23. The van der Waals surface area contributed by atoms with Crippen LogP contribution in [0.15, 0.2) is 71.6 Å². The van der Waals surface area contributed by atoms with Gasteiger partial charge < -0.3 is 9.47 Å². The maximum atomic E-state index is 6.21. The number of hydrogen-bond donors (Lipinski definition) is 0. The van der Waals surface area contributed by atoms with Gasteiger partial charge in [-0.15, -0.1) is 11.3 Å². The Labute approximate surface area is 197 Å². The number of nitrogens with zero attached hydrogens (tertiary/aromatic N) is 4. The third kappa shape index (κ3) is 4.11. The fourth-order valence-corrected chi connectivity index (χ4v) is 4.74. The van der Waals surface area contributed by atoms with Crippen molar-refractivity contribution in [3.8, 4) is 27.8 Å². The first-order valence-electron chi connectivity index (χ1n) is 9.95. The quantitative estimate of drug-likeness (QED) is 0.264. The van der Waals surface area contributed by atoms with E-state index in [1.54, 1.807) is 24.6 Å². The molecule has 0 radical (unpaired) electrons. The summed E-state index contributed by atoms with van der Waals surface area (Å²) in [4.78, 5) is 10.2. The fraction of sp³-hybridized carbons (Fsp3) is 0.125. The standard InChI is InChI=1S/C24H19BrN4O2S/c1-15-13-27-24(32-15)17-5-9-19(10-6-17)31-20-11-12-26-23-21(20)22(25)28-29(23)14-16-3-7-18(30-2)8-4-16/h3-13H,14H2,1-2H3. The van der Waals surface area contributed by atoms with Crippen LogP contribution in [0.5, 0.6) is 17.2 Å². The van der Waals surface area contributed by atoms with E-state index in [9.17, 15) is 0 Å². The molecule has 32 heavy (non-hydrogen) atoms. The lowest BCUT2D eigenvalue weighted by molar-refractivity contribution is 0.414. The van der Waals surface area contributed by atoms with Crippen LogP contribution < -0.4 is 9.47 Å². The molecule has 3 aromatic heterocycles. The van der Waals surface area contributed by atoms with E-state index in [1.807, 2.05) is 65.5 Å². The Bertz CT molecular complexity index is 1380. The molecule has 0 unspecified atom stereocenters. The highest BCUT2D eigenvalue weighted by atomic mass is 79.9. The van der Waals surface area contributed by atoms with Crippen LogP contribution in [0.4, 0.5) is 0 Å². The summed E-state index contributed by atoms with van der Waals surface area (Å²) < 4.78 is 14.0. The van der Waals surface area contributed by atoms with Crippen molar-refractivity contribution >= 4 is 38.3 Å². The van der Waals surface area contributed by atoms with Crippen LogP contribution in [0, 0.1) is 6.92 Å². The lowest BCUT2D eigenvalue weighted by atomic mass is 10.2. The van der Waals surface area contributed by atoms with Gasteiger partial charge in [0, 0.05) is 28.9 Å². The number of aryl methyl sites for hydroxylation is 1. The van der Waals surface area contributed by atoms with Crippen molar-refractivity contribution in [2.75, 3.05) is 7.11 Å². The molecule has 2 aromatic carbocycles. The molecule has 0 bridgehead atoms. The Kier molecular flexibility index (Phi) is 5.63. The number of benzene rings is 2. The van der Waals surface area contributed by atoms with Gasteiger partial charge in [-0.05, 0) is 64.8 Å². The largest absolute Gasteiger partial charge is 0.497 e. The summed E-state index contributed by atoms with van der Waals surface area (Å²) in [6.07, 6.45) is 3.63. The molecule has 6 nitrogen and oxygen atoms in total. The summed E-state index contributed by atoms with van der Waals surface area (Å²) in [5.74, 6) is 2.26. The summed E-state index contributed by atoms with van der Waals surface area (Å²) in [5.41, 5.74) is 2.92. The van der Waals surface area contributed by atoms with E-state index in [-0.39, 0.29) is 0 Å². The minimum absolute atomic E-state index is 0.588. The number of thiazole rings is 1. The van der Waals surface area contributed by atoms with E-state index < -0.39 is 0 Å². The van der Waals surface area contributed by atoms with Crippen molar-refractivity contribution in [1.29, 1.82) is 0 Å². The number of methoxy groups -OCH3 is 1. The van der Waals surface area contributed by atoms with E-state index in [2.05, 4.69) is 37.9 Å². The minimum Gasteiger partial charge on any atom is -0.497 e. The van der Waals surface area contributed by atoms with Crippen LogP contribution in [0.3, 0.4) is 0 Å². The van der Waals surface area contributed by atoms with Crippen molar-refractivity contribution in [2.45, 2.75) is 13.5 Å². The molecule has 0 aliphatic rings. The monoisotopic (exact) mass is 506 g/mol. The van der Waals surface area contributed by atoms with Gasteiger partial charge in [0.2, 0.25) is 0 Å². The van der Waals surface area contributed by atoms with Crippen LogP contribution in [-0.4, -0.2) is 26.9 Å². The van der Waals surface area contributed by atoms with Crippen LogP contribution in [0.25, 0.3) is 21.6 Å². The normalized spacial score (nSPS) is 11.1. The molecule has 0 aliphatic carbocycles. The SMILES string of the molecule is COc1ccc(Cn2nc(Br)c3c(Oc4ccc(-c5ncc(C)s5)cc4)ccnc32)cc1. The van der Waals surface area contributed by atoms with Crippen molar-refractivity contribution in [3.63, 3.8) is 0 Å². The van der Waals surface area contributed by atoms with Gasteiger partial charge in [-0.25, -0.2) is 14.6 Å². The topological polar surface area (TPSA) is 62.1 Å². The van der Waals surface area contributed by atoms with Crippen LogP contribution in [0.2, 0.25) is 0 Å². The summed E-state index contributed by atoms with van der Waals surface area (Å²) in [6, 6.07) is 17.7. The number of halogens is 1. The Morgan fingerprint density at radius 3 is 2.41 bits per heavy atom. The molecule has 3 heterocycles. The fourth-order valence-electron chi connectivity index (χ4n) is 3.41. The Morgan fingerprint density at radius 1 is 0.969 bits per heavy atom. The molecular weight excluding hydrogens is 488 g/mol. The zero-order valence-corrected chi connectivity index (χ0v) is 19.9. The average molecular weight is 507 g/mol. The lowest BCUT2D eigenvalue weighted by Crippen LogP contribution is -2.02. The maximum absolute atomic E-state index is 6.21. The van der Waals surface area contributed by atoms with Gasteiger partial charge in [-0.1, -0.05) is 12.1 Å². The van der Waals surface area contributed by atoms with E-state index >= 15 is 0 Å². The molecule has 0 amide bonds. The van der Waals surface area contributed by atoms with Crippen molar-refractivity contribution in [3.05, 3.63) is 82.0 Å².